The highest BCUT2D eigenvalue weighted by molar-refractivity contribution is 5.85. The molecule has 0 saturated carbocycles. The average molecular weight is 244 g/mol. The first-order chi connectivity index (χ1) is 7.18. The molecular formula is C12H18ClNO2. The molecule has 1 aliphatic heterocycles. The van der Waals surface area contributed by atoms with Crippen LogP contribution in [0.1, 0.15) is 31.9 Å². The van der Waals surface area contributed by atoms with E-state index in [-0.39, 0.29) is 18.4 Å². The molecule has 0 bridgehead atoms. The van der Waals surface area contributed by atoms with Gasteiger partial charge < -0.3 is 15.2 Å². The van der Waals surface area contributed by atoms with Crippen LogP contribution < -0.4 is 15.2 Å². The highest BCUT2D eigenvalue weighted by Gasteiger charge is 2.21. The van der Waals surface area contributed by atoms with Crippen LogP contribution in [0.15, 0.2) is 18.2 Å². The Hall–Kier alpha value is -0.930. The Labute approximate surface area is 102 Å². The number of hydrogen-bond donors (Lipinski definition) is 1. The van der Waals surface area contributed by atoms with Gasteiger partial charge in [-0.05, 0) is 18.4 Å². The summed E-state index contributed by atoms with van der Waals surface area (Å²) in [5.41, 5.74) is 7.19. The molecule has 1 aliphatic rings. The molecule has 3 nitrogen and oxygen atoms in total. The first-order valence-corrected chi connectivity index (χ1v) is 5.32. The van der Waals surface area contributed by atoms with Gasteiger partial charge in [-0.15, -0.1) is 12.4 Å². The molecular weight excluding hydrogens is 226 g/mol. The van der Waals surface area contributed by atoms with Crippen molar-refractivity contribution in [2.75, 3.05) is 6.79 Å². The Bertz CT molecular complexity index is 355. The average Bonchev–Trinajstić information content (AvgIpc) is 2.63. The van der Waals surface area contributed by atoms with E-state index in [0.717, 1.165) is 23.5 Å². The topological polar surface area (TPSA) is 44.5 Å². The van der Waals surface area contributed by atoms with Crippen molar-refractivity contribution in [3.63, 3.8) is 0 Å². The van der Waals surface area contributed by atoms with Crippen LogP contribution in [0, 0.1) is 5.92 Å². The quantitative estimate of drug-likeness (QED) is 0.888. The first-order valence-electron chi connectivity index (χ1n) is 5.32. The van der Waals surface area contributed by atoms with E-state index in [4.69, 9.17) is 15.2 Å². The smallest absolute Gasteiger partial charge is 0.231 e. The number of para-hydroxylation sites is 1. The molecule has 0 aromatic heterocycles. The Kier molecular flexibility index (Phi) is 4.44. The van der Waals surface area contributed by atoms with E-state index in [1.807, 2.05) is 18.2 Å². The van der Waals surface area contributed by atoms with E-state index in [1.165, 1.54) is 0 Å². The number of fused-ring (bicyclic) bond motifs is 1. The zero-order valence-electron chi connectivity index (χ0n) is 9.60. The molecule has 1 aromatic rings. The van der Waals surface area contributed by atoms with Gasteiger partial charge in [0, 0.05) is 11.6 Å². The minimum atomic E-state index is 0. The summed E-state index contributed by atoms with van der Waals surface area (Å²) >= 11 is 0. The van der Waals surface area contributed by atoms with Gasteiger partial charge in [-0.2, -0.15) is 0 Å². The first kappa shape index (κ1) is 13.1. The highest BCUT2D eigenvalue weighted by atomic mass is 35.5. The van der Waals surface area contributed by atoms with Gasteiger partial charge >= 0.3 is 0 Å². The molecule has 90 valence electrons. The van der Waals surface area contributed by atoms with Crippen LogP contribution in [0.2, 0.25) is 0 Å². The van der Waals surface area contributed by atoms with Gasteiger partial charge in [-0.25, -0.2) is 0 Å². The summed E-state index contributed by atoms with van der Waals surface area (Å²) < 4.78 is 10.7. The van der Waals surface area contributed by atoms with Crippen molar-refractivity contribution >= 4 is 12.4 Å². The summed E-state index contributed by atoms with van der Waals surface area (Å²) in [5.74, 6) is 2.22. The van der Waals surface area contributed by atoms with Crippen LogP contribution in [0.4, 0.5) is 0 Å². The lowest BCUT2D eigenvalue weighted by Gasteiger charge is -2.16. The van der Waals surface area contributed by atoms with Gasteiger partial charge in [0.25, 0.3) is 0 Å². The van der Waals surface area contributed by atoms with Crippen molar-refractivity contribution in [2.24, 2.45) is 11.7 Å². The predicted molar refractivity (Wildman–Crippen MR) is 66.2 cm³/mol. The van der Waals surface area contributed by atoms with Crippen molar-refractivity contribution in [3.8, 4) is 11.5 Å². The zero-order chi connectivity index (χ0) is 10.8. The van der Waals surface area contributed by atoms with Crippen molar-refractivity contribution in [1.82, 2.24) is 0 Å². The molecule has 0 spiro atoms. The summed E-state index contributed by atoms with van der Waals surface area (Å²) in [6.45, 7) is 4.64. The van der Waals surface area contributed by atoms with Crippen molar-refractivity contribution in [3.05, 3.63) is 23.8 Å². The molecule has 1 heterocycles. The van der Waals surface area contributed by atoms with E-state index in [9.17, 15) is 0 Å². The lowest BCUT2D eigenvalue weighted by Crippen LogP contribution is -2.13. The van der Waals surface area contributed by atoms with Gasteiger partial charge in [0.1, 0.15) is 0 Å². The Morgan fingerprint density at radius 1 is 1.31 bits per heavy atom. The van der Waals surface area contributed by atoms with Crippen LogP contribution in [-0.4, -0.2) is 6.79 Å². The molecule has 0 amide bonds. The fourth-order valence-corrected chi connectivity index (χ4v) is 1.88. The molecule has 2 N–H and O–H groups in total. The zero-order valence-corrected chi connectivity index (χ0v) is 10.4. The van der Waals surface area contributed by atoms with Crippen LogP contribution in [0.5, 0.6) is 11.5 Å². The molecule has 1 aromatic carbocycles. The van der Waals surface area contributed by atoms with Gasteiger partial charge in [0.05, 0.1) is 0 Å². The largest absolute Gasteiger partial charge is 0.454 e. The second-order valence-electron chi connectivity index (χ2n) is 4.32. The van der Waals surface area contributed by atoms with Crippen LogP contribution in [0.3, 0.4) is 0 Å². The molecule has 4 heteroatoms. The van der Waals surface area contributed by atoms with Crippen LogP contribution >= 0.6 is 12.4 Å². The molecule has 0 saturated heterocycles. The Morgan fingerprint density at radius 3 is 2.75 bits per heavy atom. The molecule has 0 aliphatic carbocycles. The van der Waals surface area contributed by atoms with Crippen LogP contribution in [-0.2, 0) is 0 Å². The summed E-state index contributed by atoms with van der Waals surface area (Å²) in [7, 11) is 0. The molecule has 16 heavy (non-hydrogen) atoms. The molecule has 0 unspecified atom stereocenters. The van der Waals surface area contributed by atoms with Gasteiger partial charge in [-0.1, -0.05) is 26.0 Å². The second-order valence-corrected chi connectivity index (χ2v) is 4.32. The summed E-state index contributed by atoms with van der Waals surface area (Å²) in [5, 5.41) is 0. The summed E-state index contributed by atoms with van der Waals surface area (Å²) in [6.07, 6.45) is 0.958. The van der Waals surface area contributed by atoms with Gasteiger partial charge in [0.2, 0.25) is 6.79 Å². The maximum Gasteiger partial charge on any atom is 0.231 e. The maximum absolute atomic E-state index is 6.13. The number of ether oxygens (including phenoxy) is 2. The molecule has 2 rings (SSSR count). The number of rotatable bonds is 3. The van der Waals surface area contributed by atoms with Crippen LogP contribution in [0.25, 0.3) is 0 Å². The molecule has 0 radical (unpaired) electrons. The third-order valence-electron chi connectivity index (χ3n) is 2.55. The monoisotopic (exact) mass is 243 g/mol. The van der Waals surface area contributed by atoms with Crippen molar-refractivity contribution in [1.29, 1.82) is 0 Å². The van der Waals surface area contributed by atoms with Gasteiger partial charge in [-0.3, -0.25) is 0 Å². The Balaban J connectivity index is 0.00000128. The lowest BCUT2D eigenvalue weighted by molar-refractivity contribution is 0.173. The Morgan fingerprint density at radius 2 is 2.06 bits per heavy atom. The fraction of sp³-hybridized carbons (Fsp3) is 0.500. The second kappa shape index (κ2) is 5.41. The molecule has 0 fully saturated rings. The maximum atomic E-state index is 6.13. The third-order valence-corrected chi connectivity index (χ3v) is 2.55. The number of halogens is 1. The number of benzene rings is 1. The van der Waals surface area contributed by atoms with Crippen molar-refractivity contribution in [2.45, 2.75) is 26.3 Å². The third kappa shape index (κ3) is 2.60. The minimum Gasteiger partial charge on any atom is -0.454 e. The standard InChI is InChI=1S/C12H17NO2.ClH/c1-8(2)6-10(13)9-4-3-5-11-12(9)15-7-14-11;/h3-5,8,10H,6-7,13H2,1-2H3;1H/t10-;/m1./s1. The van der Waals surface area contributed by atoms with Gasteiger partial charge in [0.15, 0.2) is 11.5 Å². The number of hydrogen-bond acceptors (Lipinski definition) is 3. The lowest BCUT2D eigenvalue weighted by atomic mass is 9.97. The van der Waals surface area contributed by atoms with E-state index in [1.54, 1.807) is 0 Å². The molecule has 1 atom stereocenters. The van der Waals surface area contributed by atoms with Crippen molar-refractivity contribution < 1.29 is 9.47 Å². The van der Waals surface area contributed by atoms with E-state index in [2.05, 4.69) is 13.8 Å². The number of nitrogens with two attached hydrogens (primary N) is 1. The van der Waals surface area contributed by atoms with E-state index < -0.39 is 0 Å². The summed E-state index contributed by atoms with van der Waals surface area (Å²) in [6, 6.07) is 5.92. The minimum absolute atomic E-state index is 0. The predicted octanol–water partition coefficient (Wildman–Crippen LogP) is 2.88. The van der Waals surface area contributed by atoms with E-state index >= 15 is 0 Å². The normalized spacial score (nSPS) is 14.8. The highest BCUT2D eigenvalue weighted by Crippen LogP contribution is 2.39. The SMILES string of the molecule is CC(C)C[C@@H](N)c1cccc2c1OCO2.Cl. The van der Waals surface area contributed by atoms with E-state index in [0.29, 0.717) is 12.7 Å². The fourth-order valence-electron chi connectivity index (χ4n) is 1.88. The summed E-state index contributed by atoms with van der Waals surface area (Å²) in [4.78, 5) is 0.